The molecule has 3 aromatic rings. The van der Waals surface area contributed by atoms with E-state index in [-0.39, 0.29) is 24.1 Å². The van der Waals surface area contributed by atoms with Crippen LogP contribution in [0.15, 0.2) is 36.5 Å². The summed E-state index contributed by atoms with van der Waals surface area (Å²) in [5.41, 5.74) is 3.59. The predicted molar refractivity (Wildman–Crippen MR) is 91.7 cm³/mol. The standard InChI is InChI=1S/C18H17FN4O2/c19-11-6-14(15-9-21-23-17(15)7-11)18(25)22-12-1-2-13-10(5-12)8-20-16(13)3-4-24/h1-2,5-7,9,16,20,24H,3-4,8H2,(H,21,23)(H,22,25)/t16-/m0/s1. The molecule has 0 saturated carbocycles. The van der Waals surface area contributed by atoms with Gasteiger partial charge in [-0.05, 0) is 41.8 Å². The van der Waals surface area contributed by atoms with Crippen molar-refractivity contribution in [2.45, 2.75) is 19.0 Å². The van der Waals surface area contributed by atoms with Gasteiger partial charge in [-0.1, -0.05) is 6.07 Å². The number of aromatic amines is 1. The van der Waals surface area contributed by atoms with E-state index in [1.807, 2.05) is 18.2 Å². The highest BCUT2D eigenvalue weighted by Crippen LogP contribution is 2.30. The van der Waals surface area contributed by atoms with Crippen molar-refractivity contribution >= 4 is 22.5 Å². The summed E-state index contributed by atoms with van der Waals surface area (Å²) >= 11 is 0. The Kier molecular flexibility index (Phi) is 3.95. The number of nitrogens with zero attached hydrogens (tertiary/aromatic N) is 1. The summed E-state index contributed by atoms with van der Waals surface area (Å²) in [5, 5.41) is 22.4. The summed E-state index contributed by atoms with van der Waals surface area (Å²) in [7, 11) is 0. The molecular weight excluding hydrogens is 323 g/mol. The van der Waals surface area contributed by atoms with Gasteiger partial charge in [0.1, 0.15) is 5.82 Å². The van der Waals surface area contributed by atoms with Crippen LogP contribution in [-0.2, 0) is 6.54 Å². The molecule has 2 aromatic carbocycles. The minimum absolute atomic E-state index is 0.121. The molecular formula is C18H17FN4O2. The molecule has 128 valence electrons. The van der Waals surface area contributed by atoms with Crippen LogP contribution in [0.1, 0.15) is 33.9 Å². The predicted octanol–water partition coefficient (Wildman–Crippen LogP) is 2.48. The topological polar surface area (TPSA) is 90.0 Å². The van der Waals surface area contributed by atoms with Gasteiger partial charge in [0.15, 0.2) is 0 Å². The summed E-state index contributed by atoms with van der Waals surface area (Å²) in [4.78, 5) is 12.6. The van der Waals surface area contributed by atoms with Gasteiger partial charge in [-0.3, -0.25) is 9.89 Å². The Bertz CT molecular complexity index is 953. The van der Waals surface area contributed by atoms with Gasteiger partial charge in [-0.2, -0.15) is 5.10 Å². The zero-order valence-electron chi connectivity index (χ0n) is 13.3. The number of aliphatic hydroxyl groups excluding tert-OH is 1. The summed E-state index contributed by atoms with van der Waals surface area (Å²) in [6, 6.07) is 8.33. The Labute approximate surface area is 143 Å². The molecule has 2 heterocycles. The number of aliphatic hydroxyl groups is 1. The lowest BCUT2D eigenvalue weighted by Gasteiger charge is -2.11. The van der Waals surface area contributed by atoms with Crippen molar-refractivity contribution in [2.75, 3.05) is 11.9 Å². The number of H-pyrrole nitrogens is 1. The lowest BCUT2D eigenvalue weighted by Crippen LogP contribution is -2.13. The van der Waals surface area contributed by atoms with E-state index in [1.54, 1.807) is 0 Å². The molecule has 6 nitrogen and oxygen atoms in total. The van der Waals surface area contributed by atoms with Crippen molar-refractivity contribution in [3.05, 3.63) is 59.0 Å². The first-order valence-corrected chi connectivity index (χ1v) is 8.07. The van der Waals surface area contributed by atoms with Gasteiger partial charge >= 0.3 is 0 Å². The molecule has 1 amide bonds. The molecule has 4 N–H and O–H groups in total. The van der Waals surface area contributed by atoms with Crippen molar-refractivity contribution in [2.24, 2.45) is 0 Å². The number of aromatic nitrogens is 2. The zero-order valence-corrected chi connectivity index (χ0v) is 13.3. The van der Waals surface area contributed by atoms with E-state index in [0.29, 0.717) is 29.6 Å². The van der Waals surface area contributed by atoms with E-state index in [1.165, 1.54) is 18.3 Å². The third-order valence-corrected chi connectivity index (χ3v) is 4.50. The number of rotatable bonds is 4. The first-order chi connectivity index (χ1) is 12.2. The van der Waals surface area contributed by atoms with Crippen LogP contribution >= 0.6 is 0 Å². The van der Waals surface area contributed by atoms with Crippen LogP contribution in [0.25, 0.3) is 10.9 Å². The lowest BCUT2D eigenvalue weighted by molar-refractivity contribution is 0.102. The Hall–Kier alpha value is -2.77. The van der Waals surface area contributed by atoms with Crippen LogP contribution in [0.4, 0.5) is 10.1 Å². The molecule has 0 radical (unpaired) electrons. The number of nitrogens with one attached hydrogen (secondary N) is 3. The largest absolute Gasteiger partial charge is 0.396 e. The van der Waals surface area contributed by atoms with Crippen molar-refractivity contribution in [3.63, 3.8) is 0 Å². The van der Waals surface area contributed by atoms with Gasteiger partial charge in [0.25, 0.3) is 5.91 Å². The van der Waals surface area contributed by atoms with Crippen molar-refractivity contribution in [3.8, 4) is 0 Å². The van der Waals surface area contributed by atoms with Crippen molar-refractivity contribution in [1.82, 2.24) is 15.5 Å². The molecule has 0 spiro atoms. The zero-order chi connectivity index (χ0) is 17.4. The Morgan fingerprint density at radius 1 is 1.36 bits per heavy atom. The molecule has 25 heavy (non-hydrogen) atoms. The molecule has 1 atom stereocenters. The first-order valence-electron chi connectivity index (χ1n) is 8.07. The third kappa shape index (κ3) is 2.88. The van der Waals surface area contributed by atoms with E-state index in [0.717, 1.165) is 11.1 Å². The van der Waals surface area contributed by atoms with Crippen molar-refractivity contribution < 1.29 is 14.3 Å². The van der Waals surface area contributed by atoms with E-state index in [4.69, 9.17) is 5.11 Å². The number of anilines is 1. The Morgan fingerprint density at radius 2 is 2.24 bits per heavy atom. The van der Waals surface area contributed by atoms with Gasteiger partial charge in [-0.15, -0.1) is 0 Å². The second-order valence-electron chi connectivity index (χ2n) is 6.10. The minimum atomic E-state index is -0.494. The second kappa shape index (κ2) is 6.27. The maximum absolute atomic E-state index is 13.7. The maximum Gasteiger partial charge on any atom is 0.256 e. The summed E-state index contributed by atoms with van der Waals surface area (Å²) in [5.74, 6) is -0.879. The van der Waals surface area contributed by atoms with E-state index in [2.05, 4.69) is 20.8 Å². The third-order valence-electron chi connectivity index (χ3n) is 4.50. The highest BCUT2D eigenvalue weighted by atomic mass is 19.1. The van der Waals surface area contributed by atoms with Crippen LogP contribution in [-0.4, -0.2) is 27.8 Å². The van der Waals surface area contributed by atoms with Crippen LogP contribution < -0.4 is 10.6 Å². The Balaban J connectivity index is 1.60. The van der Waals surface area contributed by atoms with Gasteiger partial charge < -0.3 is 15.7 Å². The van der Waals surface area contributed by atoms with Gasteiger partial charge in [0.05, 0.1) is 17.3 Å². The summed E-state index contributed by atoms with van der Waals surface area (Å²) in [6.07, 6.45) is 2.16. The molecule has 0 bridgehead atoms. The number of halogens is 1. The lowest BCUT2D eigenvalue weighted by atomic mass is 10.0. The number of hydrogen-bond donors (Lipinski definition) is 4. The minimum Gasteiger partial charge on any atom is -0.396 e. The fraction of sp³-hybridized carbons (Fsp3) is 0.222. The molecule has 1 aromatic heterocycles. The number of hydrogen-bond acceptors (Lipinski definition) is 4. The average Bonchev–Trinajstić information content (AvgIpc) is 3.21. The normalized spacial score (nSPS) is 16.2. The molecule has 4 rings (SSSR count). The van der Waals surface area contributed by atoms with Crippen LogP contribution in [0.5, 0.6) is 0 Å². The molecule has 0 aliphatic carbocycles. The second-order valence-corrected chi connectivity index (χ2v) is 6.10. The van der Waals surface area contributed by atoms with E-state index < -0.39 is 5.82 Å². The summed E-state index contributed by atoms with van der Waals surface area (Å²) in [6.45, 7) is 0.811. The number of amides is 1. The molecule has 7 heteroatoms. The quantitative estimate of drug-likeness (QED) is 0.587. The highest BCUT2D eigenvalue weighted by molar-refractivity contribution is 6.12. The average molecular weight is 340 g/mol. The van der Waals surface area contributed by atoms with E-state index >= 15 is 0 Å². The summed E-state index contributed by atoms with van der Waals surface area (Å²) < 4.78 is 13.7. The highest BCUT2D eigenvalue weighted by Gasteiger charge is 2.22. The van der Waals surface area contributed by atoms with Gasteiger partial charge in [-0.25, -0.2) is 4.39 Å². The maximum atomic E-state index is 13.7. The van der Waals surface area contributed by atoms with E-state index in [9.17, 15) is 9.18 Å². The fourth-order valence-corrected chi connectivity index (χ4v) is 3.31. The number of fused-ring (bicyclic) bond motifs is 2. The molecule has 0 unspecified atom stereocenters. The first kappa shape index (κ1) is 15.7. The van der Waals surface area contributed by atoms with Crippen LogP contribution in [0.2, 0.25) is 0 Å². The Morgan fingerprint density at radius 3 is 3.08 bits per heavy atom. The molecule has 0 saturated heterocycles. The van der Waals surface area contributed by atoms with Gasteiger partial charge in [0, 0.05) is 30.3 Å². The SMILES string of the molecule is O=C(Nc1ccc2c(c1)CN[C@H]2CCO)c1cc(F)cc2[nH]ncc12. The number of carbonyl (C=O) groups is 1. The van der Waals surface area contributed by atoms with Crippen LogP contribution in [0, 0.1) is 5.82 Å². The molecule has 1 aliphatic heterocycles. The fourth-order valence-electron chi connectivity index (χ4n) is 3.31. The van der Waals surface area contributed by atoms with Gasteiger partial charge in [0.2, 0.25) is 0 Å². The molecule has 0 fully saturated rings. The van der Waals surface area contributed by atoms with Crippen molar-refractivity contribution in [1.29, 1.82) is 0 Å². The smallest absolute Gasteiger partial charge is 0.256 e. The molecule has 1 aliphatic rings. The number of carbonyl (C=O) groups excluding carboxylic acids is 1. The van der Waals surface area contributed by atoms with Crippen LogP contribution in [0.3, 0.4) is 0 Å². The number of benzene rings is 2. The monoisotopic (exact) mass is 340 g/mol.